The van der Waals surface area contributed by atoms with E-state index in [0.29, 0.717) is 32.1 Å². The zero-order valence-corrected chi connectivity index (χ0v) is 22.3. The Balaban J connectivity index is 1.07. The summed E-state index contributed by atoms with van der Waals surface area (Å²) >= 11 is 0. The van der Waals surface area contributed by atoms with Crippen LogP contribution < -0.4 is 15.5 Å². The van der Waals surface area contributed by atoms with Crippen LogP contribution in [-0.4, -0.2) is 85.2 Å². The average Bonchev–Trinajstić information content (AvgIpc) is 2.76. The van der Waals surface area contributed by atoms with Crippen molar-refractivity contribution < 1.29 is 27.9 Å². The number of likely N-dealkylation sites (tertiary alicyclic amines) is 2. The van der Waals surface area contributed by atoms with Crippen molar-refractivity contribution in [2.24, 2.45) is 11.3 Å². The number of carbonyl (C=O) groups is 3. The molecule has 1 spiro atoms. The standard InChI is InChI=1S/C27H37F2N5O4/c1-26(2,3)38-25(37)33-8-6-17(7-9-33)12-32-13-27(14-32)15-34(16-27)23-19(28)10-18(11-20(23)29)30-21-4-5-22(35)31-24(21)36/h10-11,17,21,30H,4-9,12-16H2,1-3H3,(H,31,35,36). The Bertz CT molecular complexity index is 1080. The van der Waals surface area contributed by atoms with Crippen molar-refractivity contribution in [1.82, 2.24) is 15.1 Å². The molecular weight excluding hydrogens is 496 g/mol. The summed E-state index contributed by atoms with van der Waals surface area (Å²) in [4.78, 5) is 41.5. The molecular formula is C27H37F2N5O4. The number of carbonyl (C=O) groups excluding carboxylic acids is 3. The van der Waals surface area contributed by atoms with E-state index in [2.05, 4.69) is 15.5 Å². The maximum absolute atomic E-state index is 14.9. The van der Waals surface area contributed by atoms with E-state index in [4.69, 9.17) is 4.74 Å². The van der Waals surface area contributed by atoms with Gasteiger partial charge in [0.1, 0.15) is 17.3 Å². The first kappa shape index (κ1) is 26.6. The van der Waals surface area contributed by atoms with Crippen LogP contribution in [-0.2, 0) is 14.3 Å². The van der Waals surface area contributed by atoms with E-state index in [1.807, 2.05) is 20.8 Å². The van der Waals surface area contributed by atoms with Crippen LogP contribution in [0.5, 0.6) is 0 Å². The summed E-state index contributed by atoms with van der Waals surface area (Å²) in [6.45, 7) is 11.0. The summed E-state index contributed by atoms with van der Waals surface area (Å²) in [5, 5.41) is 5.07. The first-order chi connectivity index (χ1) is 17.9. The summed E-state index contributed by atoms with van der Waals surface area (Å²) in [5.41, 5.74) is -0.268. The Kier molecular flexibility index (Phi) is 7.00. The van der Waals surface area contributed by atoms with Gasteiger partial charge in [-0.05, 0) is 58.1 Å². The SMILES string of the molecule is CC(C)(C)OC(=O)N1CCC(CN2CC3(C2)CN(c2c(F)cc(NC4CCC(=O)NC4=O)cc2F)C3)CC1. The monoisotopic (exact) mass is 533 g/mol. The van der Waals surface area contributed by atoms with Crippen LogP contribution >= 0.6 is 0 Å². The van der Waals surface area contributed by atoms with Crippen LogP contribution in [0.4, 0.5) is 25.0 Å². The number of amides is 3. The van der Waals surface area contributed by atoms with Gasteiger partial charge in [-0.3, -0.25) is 14.9 Å². The van der Waals surface area contributed by atoms with Crippen molar-refractivity contribution in [3.8, 4) is 0 Å². The van der Waals surface area contributed by atoms with E-state index in [1.165, 1.54) is 12.1 Å². The van der Waals surface area contributed by atoms with Crippen LogP contribution in [0.2, 0.25) is 0 Å². The van der Waals surface area contributed by atoms with Crippen molar-refractivity contribution >= 4 is 29.3 Å². The van der Waals surface area contributed by atoms with E-state index in [1.54, 1.807) is 9.80 Å². The van der Waals surface area contributed by atoms with Crippen molar-refractivity contribution in [2.45, 2.75) is 58.1 Å². The number of nitrogens with zero attached hydrogens (tertiary/aromatic N) is 3. The maximum Gasteiger partial charge on any atom is 0.410 e. The van der Waals surface area contributed by atoms with Gasteiger partial charge in [0.2, 0.25) is 11.8 Å². The first-order valence-electron chi connectivity index (χ1n) is 13.4. The van der Waals surface area contributed by atoms with Gasteiger partial charge in [0.25, 0.3) is 0 Å². The van der Waals surface area contributed by atoms with Gasteiger partial charge in [-0.2, -0.15) is 0 Å². The molecule has 1 aromatic carbocycles. The smallest absolute Gasteiger partial charge is 0.410 e. The number of imide groups is 1. The van der Waals surface area contributed by atoms with Gasteiger partial charge < -0.3 is 24.8 Å². The van der Waals surface area contributed by atoms with Crippen LogP contribution in [0.15, 0.2) is 12.1 Å². The molecule has 208 valence electrons. The lowest BCUT2D eigenvalue weighted by Crippen LogP contribution is -2.72. The molecule has 0 radical (unpaired) electrons. The first-order valence-corrected chi connectivity index (χ1v) is 13.4. The summed E-state index contributed by atoms with van der Waals surface area (Å²) in [7, 11) is 0. The molecule has 4 heterocycles. The highest BCUT2D eigenvalue weighted by Gasteiger charge is 2.52. The van der Waals surface area contributed by atoms with E-state index < -0.39 is 29.2 Å². The minimum Gasteiger partial charge on any atom is -0.444 e. The number of piperidine rings is 2. The molecule has 11 heteroatoms. The fourth-order valence-electron chi connectivity index (χ4n) is 6.13. The van der Waals surface area contributed by atoms with Gasteiger partial charge >= 0.3 is 6.09 Å². The number of anilines is 2. The van der Waals surface area contributed by atoms with Crippen LogP contribution in [0.3, 0.4) is 0 Å². The highest BCUT2D eigenvalue weighted by Crippen LogP contribution is 2.44. The zero-order valence-electron chi connectivity index (χ0n) is 22.3. The van der Waals surface area contributed by atoms with Crippen LogP contribution in [0, 0.1) is 23.0 Å². The summed E-state index contributed by atoms with van der Waals surface area (Å²) < 4.78 is 35.3. The molecule has 0 aliphatic carbocycles. The average molecular weight is 534 g/mol. The third kappa shape index (κ3) is 5.72. The van der Waals surface area contributed by atoms with Gasteiger partial charge in [0.05, 0.1) is 0 Å². The number of rotatable bonds is 5. The number of hydrogen-bond donors (Lipinski definition) is 2. The highest BCUT2D eigenvalue weighted by molar-refractivity contribution is 6.01. The molecule has 38 heavy (non-hydrogen) atoms. The normalized spacial score (nSPS) is 24.1. The third-order valence-corrected chi connectivity index (χ3v) is 7.87. The molecule has 1 unspecified atom stereocenters. The molecule has 4 aliphatic rings. The fourth-order valence-corrected chi connectivity index (χ4v) is 6.13. The summed E-state index contributed by atoms with van der Waals surface area (Å²) in [6, 6.07) is 1.73. The predicted octanol–water partition coefficient (Wildman–Crippen LogP) is 2.95. The molecule has 3 amide bonds. The molecule has 0 saturated carbocycles. The molecule has 9 nitrogen and oxygen atoms in total. The molecule has 0 aromatic heterocycles. The Morgan fingerprint density at radius 2 is 1.71 bits per heavy atom. The van der Waals surface area contributed by atoms with Gasteiger partial charge in [-0.1, -0.05) is 0 Å². The number of ether oxygens (including phenoxy) is 1. The minimum atomic E-state index is -0.699. The van der Waals surface area contributed by atoms with Gasteiger partial charge in [0.15, 0.2) is 11.6 Å². The van der Waals surface area contributed by atoms with Gasteiger partial charge in [0, 0.05) is 63.3 Å². The van der Waals surface area contributed by atoms with E-state index in [9.17, 15) is 23.2 Å². The molecule has 4 aliphatic heterocycles. The quantitative estimate of drug-likeness (QED) is 0.562. The third-order valence-electron chi connectivity index (χ3n) is 7.87. The Morgan fingerprint density at radius 1 is 1.08 bits per heavy atom. The lowest BCUT2D eigenvalue weighted by Gasteiger charge is -2.61. The van der Waals surface area contributed by atoms with Crippen LogP contribution in [0.25, 0.3) is 0 Å². The van der Waals surface area contributed by atoms with Crippen molar-refractivity contribution in [1.29, 1.82) is 0 Å². The second kappa shape index (κ2) is 9.98. The van der Waals surface area contributed by atoms with Crippen molar-refractivity contribution in [2.75, 3.05) is 56.0 Å². The predicted molar refractivity (Wildman–Crippen MR) is 138 cm³/mol. The van der Waals surface area contributed by atoms with Gasteiger partial charge in [-0.25, -0.2) is 13.6 Å². The summed E-state index contributed by atoms with van der Waals surface area (Å²) in [6.07, 6.45) is 2.12. The maximum atomic E-state index is 14.9. The number of halogens is 2. The topological polar surface area (TPSA) is 94.2 Å². The molecule has 1 atom stereocenters. The second-order valence-corrected chi connectivity index (χ2v) is 12.4. The Hall–Kier alpha value is -2.95. The second-order valence-electron chi connectivity index (χ2n) is 12.4. The van der Waals surface area contributed by atoms with E-state index in [0.717, 1.165) is 32.5 Å². The van der Waals surface area contributed by atoms with E-state index >= 15 is 0 Å². The van der Waals surface area contributed by atoms with Crippen molar-refractivity contribution in [3.05, 3.63) is 23.8 Å². The largest absolute Gasteiger partial charge is 0.444 e. The number of nitrogens with one attached hydrogen (secondary N) is 2. The molecule has 2 N–H and O–H groups in total. The zero-order chi connectivity index (χ0) is 27.2. The van der Waals surface area contributed by atoms with E-state index in [-0.39, 0.29) is 41.6 Å². The Morgan fingerprint density at radius 3 is 2.29 bits per heavy atom. The molecule has 4 fully saturated rings. The molecule has 1 aromatic rings. The molecule has 4 saturated heterocycles. The number of benzene rings is 1. The number of hydrogen-bond acceptors (Lipinski definition) is 7. The molecule has 5 rings (SSSR count). The molecule has 0 bridgehead atoms. The van der Waals surface area contributed by atoms with Gasteiger partial charge in [-0.15, -0.1) is 0 Å². The highest BCUT2D eigenvalue weighted by atomic mass is 19.1. The van der Waals surface area contributed by atoms with Crippen molar-refractivity contribution in [3.63, 3.8) is 0 Å². The van der Waals surface area contributed by atoms with Crippen LogP contribution in [0.1, 0.15) is 46.5 Å². The lowest BCUT2D eigenvalue weighted by molar-refractivity contribution is -0.133. The minimum absolute atomic E-state index is 0.0302. The fraction of sp³-hybridized carbons (Fsp3) is 0.667. The summed E-state index contributed by atoms with van der Waals surface area (Å²) in [5.74, 6) is -1.63. The Labute approximate surface area is 221 Å². The lowest BCUT2D eigenvalue weighted by atomic mass is 9.72.